The molecular weight excluding hydrogens is 396 g/mol. The fourth-order valence-corrected chi connectivity index (χ4v) is 4.38. The number of carbonyl (C=O) groups excluding carboxylic acids is 1. The van der Waals surface area contributed by atoms with Gasteiger partial charge in [0.1, 0.15) is 17.1 Å². The molecule has 0 saturated carbocycles. The second-order valence-electron chi connectivity index (χ2n) is 10.1. The number of hydrogen-bond acceptors (Lipinski definition) is 3. The standard InChI is InChI=1S/C29H42O3/c1-19(2)12-9-13-20(3)14-10-15-21(4)16-11-17-29(8)18-25(30)26-24(7)27(31)22(5)23(6)28(26)32-29/h12,14,16,31H,9-11,13,15,17-18H2,1-8H3/b20-14+,21-16+/t29-/m0/s1. The molecule has 32 heavy (non-hydrogen) atoms. The summed E-state index contributed by atoms with van der Waals surface area (Å²) in [5.74, 6) is 0.937. The second kappa shape index (κ2) is 11.0. The van der Waals surface area contributed by atoms with Gasteiger partial charge in [0.05, 0.1) is 12.0 Å². The van der Waals surface area contributed by atoms with E-state index in [4.69, 9.17) is 4.74 Å². The zero-order chi connectivity index (χ0) is 24.1. The lowest BCUT2D eigenvalue weighted by molar-refractivity contribution is 0.0466. The number of phenolic OH excluding ortho intramolecular Hbond substituents is 1. The van der Waals surface area contributed by atoms with Crippen molar-refractivity contribution in [3.8, 4) is 11.5 Å². The van der Waals surface area contributed by atoms with Crippen LogP contribution in [0.4, 0.5) is 0 Å². The highest BCUT2D eigenvalue weighted by Crippen LogP contribution is 2.44. The predicted octanol–water partition coefficient (Wildman–Crippen LogP) is 8.24. The van der Waals surface area contributed by atoms with Crippen LogP contribution in [0.25, 0.3) is 0 Å². The molecule has 1 aromatic rings. The summed E-state index contributed by atoms with van der Waals surface area (Å²) in [6.07, 6.45) is 13.4. The van der Waals surface area contributed by atoms with Crippen molar-refractivity contribution in [1.82, 2.24) is 0 Å². The molecule has 3 nitrogen and oxygen atoms in total. The van der Waals surface area contributed by atoms with Crippen molar-refractivity contribution in [3.05, 3.63) is 57.2 Å². The van der Waals surface area contributed by atoms with Gasteiger partial charge in [-0.25, -0.2) is 0 Å². The van der Waals surface area contributed by atoms with Gasteiger partial charge in [0.15, 0.2) is 5.78 Å². The van der Waals surface area contributed by atoms with Crippen molar-refractivity contribution in [3.63, 3.8) is 0 Å². The van der Waals surface area contributed by atoms with Crippen molar-refractivity contribution < 1.29 is 14.6 Å². The summed E-state index contributed by atoms with van der Waals surface area (Å²) in [6.45, 7) is 16.3. The molecule has 0 spiro atoms. The van der Waals surface area contributed by atoms with Gasteiger partial charge in [0.2, 0.25) is 0 Å². The average molecular weight is 439 g/mol. The fraction of sp³-hybridized carbons (Fsp3) is 0.552. The Morgan fingerprint density at radius 2 is 1.47 bits per heavy atom. The number of rotatable bonds is 9. The molecule has 1 N–H and O–H groups in total. The van der Waals surface area contributed by atoms with Gasteiger partial charge in [-0.05, 0) is 105 Å². The van der Waals surface area contributed by atoms with E-state index in [9.17, 15) is 9.90 Å². The lowest BCUT2D eigenvalue weighted by atomic mass is 9.84. The van der Waals surface area contributed by atoms with Crippen LogP contribution in [-0.4, -0.2) is 16.5 Å². The molecule has 0 bridgehead atoms. The summed E-state index contributed by atoms with van der Waals surface area (Å²) in [5, 5.41) is 10.3. The smallest absolute Gasteiger partial charge is 0.170 e. The summed E-state index contributed by atoms with van der Waals surface area (Å²) >= 11 is 0. The van der Waals surface area contributed by atoms with Gasteiger partial charge in [-0.15, -0.1) is 0 Å². The first-order chi connectivity index (χ1) is 14.9. The minimum atomic E-state index is -0.511. The van der Waals surface area contributed by atoms with Gasteiger partial charge >= 0.3 is 0 Å². The molecule has 1 aliphatic rings. The Hall–Kier alpha value is -2.29. The highest BCUT2D eigenvalue weighted by atomic mass is 16.5. The van der Waals surface area contributed by atoms with Crippen LogP contribution in [0.15, 0.2) is 34.9 Å². The Labute approximate surface area is 195 Å². The summed E-state index contributed by atoms with van der Waals surface area (Å²) in [6, 6.07) is 0. The first-order valence-electron chi connectivity index (χ1n) is 11.9. The molecular formula is C29H42O3. The van der Waals surface area contributed by atoms with Crippen molar-refractivity contribution in [1.29, 1.82) is 0 Å². The van der Waals surface area contributed by atoms with E-state index in [0.717, 1.165) is 49.7 Å². The molecule has 0 amide bonds. The number of ether oxygens (including phenoxy) is 1. The number of hydrogen-bond donors (Lipinski definition) is 1. The number of benzene rings is 1. The first-order valence-corrected chi connectivity index (χ1v) is 11.9. The van der Waals surface area contributed by atoms with Crippen molar-refractivity contribution in [2.75, 3.05) is 0 Å². The van der Waals surface area contributed by atoms with Crippen LogP contribution in [0.1, 0.15) is 107 Å². The van der Waals surface area contributed by atoms with Crippen LogP contribution in [-0.2, 0) is 0 Å². The van der Waals surface area contributed by atoms with E-state index in [1.165, 1.54) is 16.7 Å². The molecule has 0 fully saturated rings. The molecule has 1 aliphatic heterocycles. The average Bonchev–Trinajstić information content (AvgIpc) is 2.69. The summed E-state index contributed by atoms with van der Waals surface area (Å²) < 4.78 is 6.41. The second-order valence-corrected chi connectivity index (χ2v) is 10.1. The number of allylic oxidation sites excluding steroid dienone is 6. The third kappa shape index (κ3) is 6.60. The molecule has 0 unspecified atom stereocenters. The third-order valence-electron chi connectivity index (χ3n) is 6.67. The highest BCUT2D eigenvalue weighted by molar-refractivity contribution is 6.03. The van der Waals surface area contributed by atoms with E-state index in [0.29, 0.717) is 23.3 Å². The van der Waals surface area contributed by atoms with E-state index in [-0.39, 0.29) is 11.5 Å². The molecule has 1 atom stereocenters. The van der Waals surface area contributed by atoms with Crippen LogP contribution in [0.3, 0.4) is 0 Å². The van der Waals surface area contributed by atoms with Gasteiger partial charge in [-0.1, -0.05) is 34.9 Å². The van der Waals surface area contributed by atoms with Crippen LogP contribution in [0.5, 0.6) is 11.5 Å². The summed E-state index contributed by atoms with van der Waals surface area (Å²) in [7, 11) is 0. The van der Waals surface area contributed by atoms with Gasteiger partial charge in [0, 0.05) is 5.56 Å². The van der Waals surface area contributed by atoms with E-state index in [1.807, 2.05) is 20.8 Å². The van der Waals surface area contributed by atoms with Gasteiger partial charge in [0.25, 0.3) is 0 Å². The lowest BCUT2D eigenvalue weighted by Gasteiger charge is -2.37. The van der Waals surface area contributed by atoms with Crippen LogP contribution in [0.2, 0.25) is 0 Å². The lowest BCUT2D eigenvalue weighted by Crippen LogP contribution is -2.39. The minimum absolute atomic E-state index is 0.0686. The maximum Gasteiger partial charge on any atom is 0.170 e. The van der Waals surface area contributed by atoms with Crippen LogP contribution >= 0.6 is 0 Å². The molecule has 0 saturated heterocycles. The third-order valence-corrected chi connectivity index (χ3v) is 6.67. The topological polar surface area (TPSA) is 46.5 Å². The molecule has 1 aromatic carbocycles. The predicted molar refractivity (Wildman–Crippen MR) is 135 cm³/mol. The van der Waals surface area contributed by atoms with E-state index in [1.54, 1.807) is 6.92 Å². The minimum Gasteiger partial charge on any atom is -0.507 e. The van der Waals surface area contributed by atoms with Crippen molar-refractivity contribution >= 4 is 5.78 Å². The number of fused-ring (bicyclic) bond motifs is 1. The SMILES string of the molecule is CC(C)=CCC/C(C)=C/CC/C(C)=C/CC[C@@]1(C)CC(=O)c2c(C)c(O)c(C)c(C)c2O1. The highest BCUT2D eigenvalue weighted by Gasteiger charge is 2.38. The number of carbonyl (C=O) groups is 1. The monoisotopic (exact) mass is 438 g/mol. The molecule has 3 heteroatoms. The molecule has 176 valence electrons. The van der Waals surface area contributed by atoms with E-state index < -0.39 is 5.60 Å². The van der Waals surface area contributed by atoms with Crippen molar-refractivity contribution in [2.45, 2.75) is 106 Å². The Morgan fingerprint density at radius 1 is 0.906 bits per heavy atom. The van der Waals surface area contributed by atoms with Crippen LogP contribution in [0, 0.1) is 20.8 Å². The molecule has 2 rings (SSSR count). The number of ketones is 1. The van der Waals surface area contributed by atoms with Crippen LogP contribution < -0.4 is 4.74 Å². The zero-order valence-corrected chi connectivity index (χ0v) is 21.4. The van der Waals surface area contributed by atoms with Crippen molar-refractivity contribution in [2.24, 2.45) is 0 Å². The van der Waals surface area contributed by atoms with E-state index in [2.05, 4.69) is 45.9 Å². The Balaban J connectivity index is 1.95. The Kier molecular flexibility index (Phi) is 8.95. The summed E-state index contributed by atoms with van der Waals surface area (Å²) in [5.41, 5.74) is 6.56. The first kappa shape index (κ1) is 26.0. The molecule has 1 heterocycles. The van der Waals surface area contributed by atoms with Gasteiger partial charge in [-0.2, -0.15) is 0 Å². The number of phenols is 1. The maximum absolute atomic E-state index is 12.9. The fourth-order valence-electron chi connectivity index (χ4n) is 4.38. The summed E-state index contributed by atoms with van der Waals surface area (Å²) in [4.78, 5) is 12.9. The number of Topliss-reactive ketones (excluding diaryl/α,β-unsaturated/α-hetero) is 1. The number of aromatic hydroxyl groups is 1. The molecule has 0 aliphatic carbocycles. The Morgan fingerprint density at radius 3 is 2.06 bits per heavy atom. The normalized spacial score (nSPS) is 18.9. The largest absolute Gasteiger partial charge is 0.507 e. The van der Waals surface area contributed by atoms with Gasteiger partial charge in [-0.3, -0.25) is 4.79 Å². The molecule has 0 radical (unpaired) electrons. The maximum atomic E-state index is 12.9. The Bertz CT molecular complexity index is 942. The zero-order valence-electron chi connectivity index (χ0n) is 21.4. The molecule has 0 aromatic heterocycles. The van der Waals surface area contributed by atoms with Gasteiger partial charge < -0.3 is 9.84 Å². The van der Waals surface area contributed by atoms with E-state index >= 15 is 0 Å². The quantitative estimate of drug-likeness (QED) is 0.395.